The van der Waals surface area contributed by atoms with Crippen molar-refractivity contribution in [3.63, 3.8) is 0 Å². The van der Waals surface area contributed by atoms with Gasteiger partial charge in [-0.25, -0.2) is 0 Å². The molecule has 0 aromatic rings. The fourth-order valence-corrected chi connectivity index (χ4v) is 4.38. The predicted octanol–water partition coefficient (Wildman–Crippen LogP) is 4.22. The molecule has 2 aliphatic rings. The molecule has 0 aromatic heterocycles. The van der Waals surface area contributed by atoms with E-state index in [1.165, 1.54) is 51.5 Å². The minimum absolute atomic E-state index is 0.0916. The van der Waals surface area contributed by atoms with Crippen LogP contribution in [0.25, 0.3) is 0 Å². The first-order valence-electron chi connectivity index (χ1n) is 8.87. The summed E-state index contributed by atoms with van der Waals surface area (Å²) >= 11 is 0. The van der Waals surface area contributed by atoms with E-state index in [1.807, 2.05) is 0 Å². The van der Waals surface area contributed by atoms with Gasteiger partial charge in [0.05, 0.1) is 6.10 Å². The van der Waals surface area contributed by atoms with Crippen molar-refractivity contribution in [2.75, 3.05) is 6.54 Å². The lowest BCUT2D eigenvalue weighted by Crippen LogP contribution is -2.54. The third-order valence-electron chi connectivity index (χ3n) is 5.73. The van der Waals surface area contributed by atoms with E-state index in [0.29, 0.717) is 11.5 Å². The van der Waals surface area contributed by atoms with Crippen LogP contribution >= 0.6 is 0 Å². The van der Waals surface area contributed by atoms with Gasteiger partial charge in [0.15, 0.2) is 0 Å². The van der Waals surface area contributed by atoms with Gasteiger partial charge in [-0.05, 0) is 56.4 Å². The monoisotopic (exact) mass is 281 g/mol. The van der Waals surface area contributed by atoms with Gasteiger partial charge in [-0.15, -0.1) is 0 Å². The maximum Gasteiger partial charge on any atom is 0.0695 e. The summed E-state index contributed by atoms with van der Waals surface area (Å²) in [6.07, 6.45) is 9.94. The Morgan fingerprint density at radius 3 is 2.50 bits per heavy atom. The highest BCUT2D eigenvalue weighted by molar-refractivity contribution is 4.93. The Bertz CT molecular complexity index is 294. The average Bonchev–Trinajstić information content (AvgIpc) is 2.39. The summed E-state index contributed by atoms with van der Waals surface area (Å²) < 4.78 is 0. The molecule has 0 amide bonds. The molecule has 2 nitrogen and oxygen atoms in total. The summed E-state index contributed by atoms with van der Waals surface area (Å²) in [5.74, 6) is 0.764. The Morgan fingerprint density at radius 1 is 1.10 bits per heavy atom. The standard InChI is InChI=1S/C18H35NO/c1-5-8-15-9-6-7-12-19(15)16-13-14(18(2,3)4)10-11-17(16)20/h14-17,20H,5-13H2,1-4H3. The molecular weight excluding hydrogens is 246 g/mol. The quantitative estimate of drug-likeness (QED) is 0.837. The molecule has 1 saturated heterocycles. The maximum absolute atomic E-state index is 10.5. The molecule has 4 unspecified atom stereocenters. The zero-order valence-corrected chi connectivity index (χ0v) is 14.1. The number of rotatable bonds is 3. The van der Waals surface area contributed by atoms with E-state index in [0.717, 1.165) is 18.4 Å². The smallest absolute Gasteiger partial charge is 0.0695 e. The van der Waals surface area contributed by atoms with Gasteiger partial charge in [-0.3, -0.25) is 4.90 Å². The Kier molecular flexibility index (Phi) is 5.53. The Morgan fingerprint density at radius 2 is 1.85 bits per heavy atom. The SMILES string of the molecule is CCCC1CCCCN1C1CC(C(C)(C)C)CCC1O. The van der Waals surface area contributed by atoms with Crippen molar-refractivity contribution in [3.8, 4) is 0 Å². The third-order valence-corrected chi connectivity index (χ3v) is 5.73. The van der Waals surface area contributed by atoms with Crippen LogP contribution in [0.5, 0.6) is 0 Å². The Hall–Kier alpha value is -0.0800. The van der Waals surface area contributed by atoms with Gasteiger partial charge in [-0.2, -0.15) is 0 Å². The second-order valence-corrected chi connectivity index (χ2v) is 8.19. The van der Waals surface area contributed by atoms with Gasteiger partial charge < -0.3 is 5.11 Å². The van der Waals surface area contributed by atoms with Gasteiger partial charge in [-0.1, -0.05) is 40.5 Å². The van der Waals surface area contributed by atoms with E-state index in [-0.39, 0.29) is 6.10 Å². The van der Waals surface area contributed by atoms with Crippen LogP contribution in [0.15, 0.2) is 0 Å². The minimum Gasteiger partial charge on any atom is -0.391 e. The lowest BCUT2D eigenvalue weighted by molar-refractivity contribution is -0.0448. The van der Waals surface area contributed by atoms with Gasteiger partial charge in [0.25, 0.3) is 0 Å². The van der Waals surface area contributed by atoms with Crippen molar-refractivity contribution < 1.29 is 5.11 Å². The molecule has 0 bridgehead atoms. The fraction of sp³-hybridized carbons (Fsp3) is 1.00. The molecule has 118 valence electrons. The van der Waals surface area contributed by atoms with Crippen LogP contribution < -0.4 is 0 Å². The molecule has 1 aliphatic carbocycles. The molecule has 2 heteroatoms. The van der Waals surface area contributed by atoms with Crippen molar-refractivity contribution >= 4 is 0 Å². The molecule has 1 N–H and O–H groups in total. The zero-order chi connectivity index (χ0) is 14.8. The van der Waals surface area contributed by atoms with E-state index in [4.69, 9.17) is 0 Å². The number of aliphatic hydroxyl groups excluding tert-OH is 1. The molecule has 1 aliphatic heterocycles. The highest BCUT2D eigenvalue weighted by atomic mass is 16.3. The second kappa shape index (κ2) is 6.79. The molecule has 0 radical (unpaired) electrons. The second-order valence-electron chi connectivity index (χ2n) is 8.19. The van der Waals surface area contributed by atoms with Crippen molar-refractivity contribution in [2.24, 2.45) is 11.3 Å². The van der Waals surface area contributed by atoms with Crippen molar-refractivity contribution in [1.82, 2.24) is 4.90 Å². The van der Waals surface area contributed by atoms with Crippen molar-refractivity contribution in [1.29, 1.82) is 0 Å². The molecule has 2 rings (SSSR count). The van der Waals surface area contributed by atoms with Crippen molar-refractivity contribution in [2.45, 2.75) is 97.2 Å². The van der Waals surface area contributed by atoms with Crippen LogP contribution in [-0.2, 0) is 0 Å². The van der Waals surface area contributed by atoms with E-state index < -0.39 is 0 Å². The molecule has 0 aromatic carbocycles. The number of likely N-dealkylation sites (tertiary alicyclic amines) is 1. The summed E-state index contributed by atoms with van der Waals surface area (Å²) in [6, 6.07) is 1.15. The first-order chi connectivity index (χ1) is 9.43. The summed E-state index contributed by atoms with van der Waals surface area (Å²) in [7, 11) is 0. The number of nitrogens with zero attached hydrogens (tertiary/aromatic N) is 1. The normalized spacial score (nSPS) is 37.0. The molecule has 1 heterocycles. The van der Waals surface area contributed by atoms with Crippen LogP contribution in [0.1, 0.15) is 79.1 Å². The molecule has 0 spiro atoms. The number of hydrogen-bond acceptors (Lipinski definition) is 2. The van der Waals surface area contributed by atoms with E-state index in [1.54, 1.807) is 0 Å². The molecule has 2 fully saturated rings. The Balaban J connectivity index is 2.07. The Labute approximate surface area is 125 Å². The maximum atomic E-state index is 10.5. The van der Waals surface area contributed by atoms with Gasteiger partial charge in [0.1, 0.15) is 0 Å². The first-order valence-corrected chi connectivity index (χ1v) is 8.87. The lowest BCUT2D eigenvalue weighted by atomic mass is 9.69. The van der Waals surface area contributed by atoms with E-state index >= 15 is 0 Å². The molecular formula is C18H35NO. The van der Waals surface area contributed by atoms with Gasteiger partial charge >= 0.3 is 0 Å². The first kappa shape index (κ1) is 16.3. The van der Waals surface area contributed by atoms with Crippen molar-refractivity contribution in [3.05, 3.63) is 0 Å². The summed E-state index contributed by atoms with van der Waals surface area (Å²) in [5, 5.41) is 10.5. The van der Waals surface area contributed by atoms with Gasteiger partial charge in [0, 0.05) is 12.1 Å². The summed E-state index contributed by atoms with van der Waals surface area (Å²) in [6.45, 7) is 10.6. The van der Waals surface area contributed by atoms with Gasteiger partial charge in [0.2, 0.25) is 0 Å². The predicted molar refractivity (Wildman–Crippen MR) is 85.8 cm³/mol. The highest BCUT2D eigenvalue weighted by Gasteiger charge is 2.40. The number of piperidine rings is 1. The third kappa shape index (κ3) is 3.76. The molecule has 1 saturated carbocycles. The zero-order valence-electron chi connectivity index (χ0n) is 14.1. The molecule has 20 heavy (non-hydrogen) atoms. The average molecular weight is 281 g/mol. The summed E-state index contributed by atoms with van der Waals surface area (Å²) in [5.41, 5.74) is 0.383. The summed E-state index contributed by atoms with van der Waals surface area (Å²) in [4.78, 5) is 2.69. The van der Waals surface area contributed by atoms with Crippen LogP contribution in [0, 0.1) is 11.3 Å². The van der Waals surface area contributed by atoms with Crippen LogP contribution in [-0.4, -0.2) is 34.7 Å². The highest BCUT2D eigenvalue weighted by Crippen LogP contribution is 2.41. The van der Waals surface area contributed by atoms with Crippen LogP contribution in [0.4, 0.5) is 0 Å². The number of aliphatic hydroxyl groups is 1. The minimum atomic E-state index is -0.0916. The number of hydrogen-bond donors (Lipinski definition) is 1. The fourth-order valence-electron chi connectivity index (χ4n) is 4.38. The molecule has 4 atom stereocenters. The topological polar surface area (TPSA) is 23.5 Å². The van der Waals surface area contributed by atoms with E-state index in [2.05, 4.69) is 32.6 Å². The van der Waals surface area contributed by atoms with E-state index in [9.17, 15) is 5.11 Å². The van der Waals surface area contributed by atoms with Crippen LogP contribution in [0.2, 0.25) is 0 Å². The lowest BCUT2D eigenvalue weighted by Gasteiger charge is -2.48. The van der Waals surface area contributed by atoms with Crippen LogP contribution in [0.3, 0.4) is 0 Å². The largest absolute Gasteiger partial charge is 0.391 e.